The van der Waals surface area contributed by atoms with Crippen molar-refractivity contribution >= 4 is 39.2 Å². The maximum Gasteiger partial charge on any atom is 0.338 e. The predicted octanol–water partition coefficient (Wildman–Crippen LogP) is 3.47. The first-order valence-electron chi connectivity index (χ1n) is 9.95. The van der Waals surface area contributed by atoms with Crippen LogP contribution in [-0.4, -0.2) is 50.8 Å². The SMILES string of the molecule is CCN(CC)S(=O)(=O)c1cc(C(=O)OCC(=O)N(CCC#N)c2ccccc2)ccc1Cl. The third kappa shape index (κ3) is 6.07. The van der Waals surface area contributed by atoms with Gasteiger partial charge in [-0.1, -0.05) is 43.6 Å². The molecule has 0 unspecified atom stereocenters. The zero-order chi connectivity index (χ0) is 23.7. The van der Waals surface area contributed by atoms with Crippen molar-refractivity contribution in [1.29, 1.82) is 5.26 Å². The standard InChI is InChI=1S/C22H24ClN3O5S/c1-3-25(4-2)32(29,30)20-15-17(11-12-19(20)23)22(28)31-16-21(27)26(14-8-13-24)18-9-6-5-7-10-18/h5-7,9-12,15H,3-4,8,14,16H2,1-2H3. The molecule has 32 heavy (non-hydrogen) atoms. The molecule has 0 fully saturated rings. The Balaban J connectivity index is 2.19. The number of ether oxygens (including phenoxy) is 1. The van der Waals surface area contributed by atoms with E-state index < -0.39 is 28.5 Å². The van der Waals surface area contributed by atoms with Crippen LogP contribution < -0.4 is 4.90 Å². The van der Waals surface area contributed by atoms with E-state index in [1.807, 2.05) is 6.07 Å². The van der Waals surface area contributed by atoms with Crippen molar-refractivity contribution < 1.29 is 22.7 Å². The van der Waals surface area contributed by atoms with Crippen LogP contribution in [0.25, 0.3) is 0 Å². The van der Waals surface area contributed by atoms with Gasteiger partial charge in [0.15, 0.2) is 6.61 Å². The maximum absolute atomic E-state index is 12.8. The van der Waals surface area contributed by atoms with E-state index in [1.54, 1.807) is 44.2 Å². The molecule has 0 aliphatic carbocycles. The van der Waals surface area contributed by atoms with Crippen LogP contribution in [0.1, 0.15) is 30.6 Å². The zero-order valence-corrected chi connectivity index (χ0v) is 19.4. The first-order chi connectivity index (χ1) is 15.3. The van der Waals surface area contributed by atoms with Crippen LogP contribution in [0, 0.1) is 11.3 Å². The molecule has 2 aromatic rings. The van der Waals surface area contributed by atoms with E-state index in [1.165, 1.54) is 21.3 Å². The Morgan fingerprint density at radius 2 is 1.75 bits per heavy atom. The monoisotopic (exact) mass is 477 g/mol. The molecule has 0 spiro atoms. The lowest BCUT2D eigenvalue weighted by Gasteiger charge is -2.21. The van der Waals surface area contributed by atoms with Gasteiger partial charge in [-0.05, 0) is 30.3 Å². The van der Waals surface area contributed by atoms with Crippen LogP contribution in [0.15, 0.2) is 53.4 Å². The number of hydrogen-bond acceptors (Lipinski definition) is 6. The van der Waals surface area contributed by atoms with Crippen LogP contribution in [0.3, 0.4) is 0 Å². The Bertz CT molecular complexity index is 1100. The summed E-state index contributed by atoms with van der Waals surface area (Å²) in [6.45, 7) is 3.46. The number of para-hydroxylation sites is 1. The molecular weight excluding hydrogens is 454 g/mol. The molecule has 0 atom stereocenters. The molecule has 0 aliphatic heterocycles. The quantitative estimate of drug-likeness (QED) is 0.485. The topological polar surface area (TPSA) is 108 Å². The van der Waals surface area contributed by atoms with Crippen molar-refractivity contribution in [3.05, 3.63) is 59.1 Å². The van der Waals surface area contributed by atoms with Crippen molar-refractivity contribution in [2.24, 2.45) is 0 Å². The van der Waals surface area contributed by atoms with Crippen molar-refractivity contribution in [2.75, 3.05) is 31.1 Å². The second-order valence-corrected chi connectivity index (χ2v) is 8.91. The predicted molar refractivity (Wildman–Crippen MR) is 121 cm³/mol. The van der Waals surface area contributed by atoms with Gasteiger partial charge in [0, 0.05) is 25.3 Å². The number of carbonyl (C=O) groups excluding carboxylic acids is 2. The lowest BCUT2D eigenvalue weighted by molar-refractivity contribution is -0.121. The van der Waals surface area contributed by atoms with Gasteiger partial charge in [-0.25, -0.2) is 13.2 Å². The molecular formula is C22H24ClN3O5S. The van der Waals surface area contributed by atoms with Gasteiger partial charge in [0.1, 0.15) is 4.90 Å². The Labute approximate surface area is 193 Å². The molecule has 0 aromatic heterocycles. The Kier molecular flexibility index (Phi) is 9.20. The van der Waals surface area contributed by atoms with Crippen LogP contribution in [0.2, 0.25) is 5.02 Å². The Hall–Kier alpha value is -2.93. The summed E-state index contributed by atoms with van der Waals surface area (Å²) in [6.07, 6.45) is 0.109. The maximum atomic E-state index is 12.8. The summed E-state index contributed by atoms with van der Waals surface area (Å²) in [5, 5.41) is 8.85. The van der Waals surface area contributed by atoms with Gasteiger partial charge in [-0.2, -0.15) is 9.57 Å². The van der Waals surface area contributed by atoms with E-state index in [0.717, 1.165) is 6.07 Å². The van der Waals surface area contributed by atoms with Crippen molar-refractivity contribution in [2.45, 2.75) is 25.2 Å². The Morgan fingerprint density at radius 1 is 1.09 bits per heavy atom. The lowest BCUT2D eigenvalue weighted by Crippen LogP contribution is -2.35. The smallest absolute Gasteiger partial charge is 0.338 e. The number of carbonyl (C=O) groups is 2. The first-order valence-corrected chi connectivity index (χ1v) is 11.8. The number of nitrogens with zero attached hydrogens (tertiary/aromatic N) is 3. The highest BCUT2D eigenvalue weighted by Crippen LogP contribution is 2.26. The average molecular weight is 478 g/mol. The Morgan fingerprint density at radius 3 is 2.34 bits per heavy atom. The molecule has 0 saturated carbocycles. The van der Waals surface area contributed by atoms with Crippen LogP contribution in [-0.2, 0) is 19.6 Å². The number of anilines is 1. The van der Waals surface area contributed by atoms with Gasteiger partial charge in [-0.15, -0.1) is 0 Å². The highest BCUT2D eigenvalue weighted by Gasteiger charge is 2.26. The first kappa shape index (κ1) is 25.3. The number of benzene rings is 2. The average Bonchev–Trinajstić information content (AvgIpc) is 2.79. The van der Waals surface area contributed by atoms with Gasteiger partial charge in [0.25, 0.3) is 5.91 Å². The lowest BCUT2D eigenvalue weighted by atomic mass is 10.2. The van der Waals surface area contributed by atoms with Crippen molar-refractivity contribution in [1.82, 2.24) is 4.31 Å². The van der Waals surface area contributed by atoms with Crippen molar-refractivity contribution in [3.63, 3.8) is 0 Å². The minimum Gasteiger partial charge on any atom is -0.452 e. The van der Waals surface area contributed by atoms with Crippen LogP contribution >= 0.6 is 11.6 Å². The van der Waals surface area contributed by atoms with Crippen molar-refractivity contribution in [3.8, 4) is 6.07 Å². The molecule has 1 amide bonds. The molecule has 10 heteroatoms. The minimum atomic E-state index is -3.89. The number of esters is 1. The number of hydrogen-bond donors (Lipinski definition) is 0. The molecule has 0 radical (unpaired) electrons. The molecule has 0 bridgehead atoms. The molecule has 0 N–H and O–H groups in total. The number of amides is 1. The largest absolute Gasteiger partial charge is 0.452 e. The summed E-state index contributed by atoms with van der Waals surface area (Å²) in [5.74, 6) is -1.37. The molecule has 8 nitrogen and oxygen atoms in total. The van der Waals surface area contributed by atoms with Crippen LogP contribution in [0.4, 0.5) is 5.69 Å². The van der Waals surface area contributed by atoms with Gasteiger partial charge in [0.2, 0.25) is 10.0 Å². The highest BCUT2D eigenvalue weighted by atomic mass is 35.5. The van der Waals surface area contributed by atoms with Gasteiger partial charge >= 0.3 is 5.97 Å². The number of rotatable bonds is 10. The number of sulfonamides is 1. The number of nitriles is 1. The third-order valence-electron chi connectivity index (χ3n) is 4.63. The van der Waals surface area contributed by atoms with Gasteiger partial charge in [-0.3, -0.25) is 4.79 Å². The summed E-state index contributed by atoms with van der Waals surface area (Å²) >= 11 is 6.08. The summed E-state index contributed by atoms with van der Waals surface area (Å²) < 4.78 is 32.0. The van der Waals surface area contributed by atoms with E-state index in [4.69, 9.17) is 21.6 Å². The van der Waals surface area contributed by atoms with E-state index in [0.29, 0.717) is 5.69 Å². The van der Waals surface area contributed by atoms with E-state index in [2.05, 4.69) is 0 Å². The highest BCUT2D eigenvalue weighted by molar-refractivity contribution is 7.89. The molecule has 170 valence electrons. The molecule has 0 saturated heterocycles. The number of halogens is 1. The molecule has 2 rings (SSSR count). The summed E-state index contributed by atoms with van der Waals surface area (Å²) in [5.41, 5.74) is 0.527. The molecule has 2 aromatic carbocycles. The van der Waals surface area contributed by atoms with E-state index in [-0.39, 0.29) is 41.5 Å². The summed E-state index contributed by atoms with van der Waals surface area (Å²) in [6, 6.07) is 14.5. The third-order valence-corrected chi connectivity index (χ3v) is 7.16. The van der Waals surface area contributed by atoms with Gasteiger partial charge in [0.05, 0.1) is 23.1 Å². The second-order valence-electron chi connectivity index (χ2n) is 6.60. The zero-order valence-electron chi connectivity index (χ0n) is 17.8. The minimum absolute atomic E-state index is 0.0173. The van der Waals surface area contributed by atoms with Crippen LogP contribution in [0.5, 0.6) is 0 Å². The van der Waals surface area contributed by atoms with Gasteiger partial charge < -0.3 is 9.64 Å². The molecule has 0 aliphatic rings. The second kappa shape index (κ2) is 11.6. The fourth-order valence-corrected chi connectivity index (χ4v) is 4.95. The van der Waals surface area contributed by atoms with E-state index >= 15 is 0 Å². The fraction of sp³-hybridized carbons (Fsp3) is 0.318. The summed E-state index contributed by atoms with van der Waals surface area (Å²) in [7, 11) is -3.89. The fourth-order valence-electron chi connectivity index (χ4n) is 2.99. The molecule has 0 heterocycles. The normalized spacial score (nSPS) is 11.1. The summed E-state index contributed by atoms with van der Waals surface area (Å²) in [4.78, 5) is 26.3. The van der Waals surface area contributed by atoms with E-state index in [9.17, 15) is 18.0 Å².